The molecule has 6 heteroatoms. The number of pyridine rings is 1. The Balaban J connectivity index is 1.73. The van der Waals surface area contributed by atoms with Crippen LogP contribution in [0.25, 0.3) is 22.4 Å². The van der Waals surface area contributed by atoms with Gasteiger partial charge in [-0.15, -0.1) is 0 Å². The summed E-state index contributed by atoms with van der Waals surface area (Å²) < 4.78 is 5.33. The minimum absolute atomic E-state index is 0.692. The van der Waals surface area contributed by atoms with E-state index in [1.54, 1.807) is 0 Å². The summed E-state index contributed by atoms with van der Waals surface area (Å²) in [6.45, 7) is 5.88. The first-order chi connectivity index (χ1) is 11.6. The van der Waals surface area contributed by atoms with Crippen molar-refractivity contribution in [2.45, 2.75) is 27.2 Å². The number of nitrogens with zero attached hydrogens (tertiary/aromatic N) is 4. The second-order valence-electron chi connectivity index (χ2n) is 6.02. The molecule has 0 bridgehead atoms. The van der Waals surface area contributed by atoms with E-state index >= 15 is 0 Å². The highest BCUT2D eigenvalue weighted by Gasteiger charge is 2.10. The van der Waals surface area contributed by atoms with E-state index < -0.39 is 0 Å². The first-order valence-corrected chi connectivity index (χ1v) is 7.80. The SMILES string of the molecule is Cc1cc(-c2cc(C)c3cc(Cc4n[nH]c(C)n4)ccc3n2)on1. The summed E-state index contributed by atoms with van der Waals surface area (Å²) >= 11 is 0. The van der Waals surface area contributed by atoms with Crippen LogP contribution in [0.2, 0.25) is 0 Å². The van der Waals surface area contributed by atoms with Gasteiger partial charge in [-0.2, -0.15) is 5.10 Å². The lowest BCUT2D eigenvalue weighted by Crippen LogP contribution is -1.93. The van der Waals surface area contributed by atoms with E-state index in [1.807, 2.05) is 32.0 Å². The minimum atomic E-state index is 0.692. The Hall–Kier alpha value is -3.02. The quantitative estimate of drug-likeness (QED) is 0.625. The second kappa shape index (κ2) is 5.56. The lowest BCUT2D eigenvalue weighted by Gasteiger charge is -2.06. The van der Waals surface area contributed by atoms with Gasteiger partial charge in [0.15, 0.2) is 11.6 Å². The van der Waals surface area contributed by atoms with E-state index in [9.17, 15) is 0 Å². The zero-order valence-corrected chi connectivity index (χ0v) is 13.8. The molecule has 0 radical (unpaired) electrons. The van der Waals surface area contributed by atoms with Gasteiger partial charge in [-0.3, -0.25) is 5.10 Å². The third kappa shape index (κ3) is 2.67. The Morgan fingerprint density at radius 2 is 1.92 bits per heavy atom. The summed E-state index contributed by atoms with van der Waals surface area (Å²) in [4.78, 5) is 9.06. The molecule has 0 amide bonds. The molecule has 0 saturated carbocycles. The predicted molar refractivity (Wildman–Crippen MR) is 90.6 cm³/mol. The molecule has 0 fully saturated rings. The fourth-order valence-corrected chi connectivity index (χ4v) is 2.81. The molecule has 4 rings (SSSR count). The molecule has 1 N–H and O–H groups in total. The van der Waals surface area contributed by atoms with E-state index in [1.165, 1.54) is 0 Å². The monoisotopic (exact) mass is 319 g/mol. The lowest BCUT2D eigenvalue weighted by molar-refractivity contribution is 0.426. The van der Waals surface area contributed by atoms with Gasteiger partial charge in [0.05, 0.1) is 11.2 Å². The molecule has 0 aliphatic heterocycles. The average molecular weight is 319 g/mol. The molecular formula is C18H17N5O. The third-order valence-corrected chi connectivity index (χ3v) is 3.97. The Labute approximate surface area is 138 Å². The van der Waals surface area contributed by atoms with Gasteiger partial charge in [-0.25, -0.2) is 9.97 Å². The van der Waals surface area contributed by atoms with Gasteiger partial charge in [0, 0.05) is 17.9 Å². The van der Waals surface area contributed by atoms with E-state index in [-0.39, 0.29) is 0 Å². The lowest BCUT2D eigenvalue weighted by atomic mass is 10.0. The summed E-state index contributed by atoms with van der Waals surface area (Å²) in [6, 6.07) is 10.2. The molecule has 0 atom stereocenters. The van der Waals surface area contributed by atoms with Crippen LogP contribution in [0.3, 0.4) is 0 Å². The molecule has 120 valence electrons. The Bertz CT molecular complexity index is 1030. The third-order valence-electron chi connectivity index (χ3n) is 3.97. The van der Waals surface area contributed by atoms with Gasteiger partial charge >= 0.3 is 0 Å². The van der Waals surface area contributed by atoms with E-state index in [0.717, 1.165) is 45.1 Å². The van der Waals surface area contributed by atoms with Crippen LogP contribution in [0.1, 0.15) is 28.5 Å². The number of hydrogen-bond donors (Lipinski definition) is 1. The van der Waals surface area contributed by atoms with Gasteiger partial charge in [0.1, 0.15) is 11.5 Å². The van der Waals surface area contributed by atoms with Crippen LogP contribution in [-0.2, 0) is 6.42 Å². The fraction of sp³-hybridized carbons (Fsp3) is 0.222. The van der Waals surface area contributed by atoms with Crippen molar-refractivity contribution in [2.24, 2.45) is 0 Å². The Morgan fingerprint density at radius 3 is 2.62 bits per heavy atom. The van der Waals surface area contributed by atoms with Crippen molar-refractivity contribution in [1.82, 2.24) is 25.3 Å². The molecule has 3 heterocycles. The molecule has 0 aliphatic carbocycles. The van der Waals surface area contributed by atoms with Crippen LogP contribution in [0.5, 0.6) is 0 Å². The molecule has 4 aromatic rings. The van der Waals surface area contributed by atoms with Crippen LogP contribution in [0.15, 0.2) is 34.9 Å². The average Bonchev–Trinajstić information content (AvgIpc) is 3.16. The maximum absolute atomic E-state index is 5.33. The van der Waals surface area contributed by atoms with Gasteiger partial charge in [0.25, 0.3) is 0 Å². The van der Waals surface area contributed by atoms with E-state index in [0.29, 0.717) is 12.2 Å². The standard InChI is InChI=1S/C18H17N5O/c1-10-6-16(17-7-11(2)23-24-17)20-15-5-4-13(8-14(10)15)9-18-19-12(3)21-22-18/h4-8H,9H2,1-3H3,(H,19,21,22). The predicted octanol–water partition coefficient (Wildman–Crippen LogP) is 3.52. The second-order valence-corrected chi connectivity index (χ2v) is 6.02. The van der Waals surface area contributed by atoms with Crippen molar-refractivity contribution in [2.75, 3.05) is 0 Å². The Kier molecular flexibility index (Phi) is 3.37. The van der Waals surface area contributed by atoms with Gasteiger partial charge < -0.3 is 4.52 Å². The number of aryl methyl sites for hydroxylation is 3. The first-order valence-electron chi connectivity index (χ1n) is 7.80. The van der Waals surface area contributed by atoms with Gasteiger partial charge in [-0.05, 0) is 50.1 Å². The van der Waals surface area contributed by atoms with Crippen LogP contribution < -0.4 is 0 Å². The molecule has 3 aromatic heterocycles. The minimum Gasteiger partial charge on any atom is -0.354 e. The number of aromatic nitrogens is 5. The largest absolute Gasteiger partial charge is 0.354 e. The highest BCUT2D eigenvalue weighted by Crippen LogP contribution is 2.26. The molecule has 0 aliphatic rings. The number of aromatic amines is 1. The van der Waals surface area contributed by atoms with E-state index in [2.05, 4.69) is 39.4 Å². The summed E-state index contributed by atoms with van der Waals surface area (Å²) in [5.41, 5.74) is 4.90. The molecule has 24 heavy (non-hydrogen) atoms. The maximum Gasteiger partial charge on any atom is 0.185 e. The van der Waals surface area contributed by atoms with Crippen LogP contribution >= 0.6 is 0 Å². The number of benzene rings is 1. The van der Waals surface area contributed by atoms with Crippen LogP contribution in [0, 0.1) is 20.8 Å². The molecule has 0 spiro atoms. The zero-order chi connectivity index (χ0) is 16.7. The van der Waals surface area contributed by atoms with Crippen LogP contribution in [0.4, 0.5) is 0 Å². The molecule has 1 aromatic carbocycles. The van der Waals surface area contributed by atoms with Gasteiger partial charge in [-0.1, -0.05) is 11.2 Å². The molecule has 0 saturated heterocycles. The number of hydrogen-bond acceptors (Lipinski definition) is 5. The van der Waals surface area contributed by atoms with Crippen molar-refractivity contribution >= 4 is 10.9 Å². The highest BCUT2D eigenvalue weighted by atomic mass is 16.5. The normalized spacial score (nSPS) is 11.3. The summed E-state index contributed by atoms with van der Waals surface area (Å²) in [7, 11) is 0. The molecular weight excluding hydrogens is 302 g/mol. The van der Waals surface area contributed by atoms with Crippen molar-refractivity contribution < 1.29 is 4.52 Å². The highest BCUT2D eigenvalue weighted by molar-refractivity contribution is 5.85. The smallest absolute Gasteiger partial charge is 0.185 e. The number of nitrogens with one attached hydrogen (secondary N) is 1. The van der Waals surface area contributed by atoms with Crippen molar-refractivity contribution in [3.8, 4) is 11.5 Å². The number of fused-ring (bicyclic) bond motifs is 1. The number of rotatable bonds is 3. The van der Waals surface area contributed by atoms with Crippen LogP contribution in [-0.4, -0.2) is 25.3 Å². The Morgan fingerprint density at radius 1 is 1.04 bits per heavy atom. The van der Waals surface area contributed by atoms with Crippen molar-refractivity contribution in [1.29, 1.82) is 0 Å². The topological polar surface area (TPSA) is 80.5 Å². The van der Waals surface area contributed by atoms with Gasteiger partial charge in [0.2, 0.25) is 0 Å². The fourth-order valence-electron chi connectivity index (χ4n) is 2.81. The maximum atomic E-state index is 5.33. The van der Waals surface area contributed by atoms with E-state index in [4.69, 9.17) is 9.51 Å². The summed E-state index contributed by atoms with van der Waals surface area (Å²) in [5.74, 6) is 2.32. The van der Waals surface area contributed by atoms with Crippen molar-refractivity contribution in [3.05, 3.63) is 58.8 Å². The summed E-state index contributed by atoms with van der Waals surface area (Å²) in [5, 5.41) is 12.1. The first kappa shape index (κ1) is 14.6. The molecule has 0 unspecified atom stereocenters. The number of H-pyrrole nitrogens is 1. The molecule has 6 nitrogen and oxygen atoms in total. The zero-order valence-electron chi connectivity index (χ0n) is 13.8. The van der Waals surface area contributed by atoms with Crippen molar-refractivity contribution in [3.63, 3.8) is 0 Å². The summed E-state index contributed by atoms with van der Waals surface area (Å²) in [6.07, 6.45) is 0.697.